The van der Waals surface area contributed by atoms with Gasteiger partial charge in [-0.15, -0.1) is 11.6 Å². The molecular weight excluding hydrogens is 235 g/mol. The van der Waals surface area contributed by atoms with Crippen molar-refractivity contribution >= 4 is 33.3 Å². The van der Waals surface area contributed by atoms with Gasteiger partial charge in [0.2, 0.25) is 0 Å². The maximum absolute atomic E-state index is 10.7. The van der Waals surface area contributed by atoms with Gasteiger partial charge in [-0.05, 0) is 17.7 Å². The number of benzene rings is 1. The topological polar surface area (TPSA) is 54.4 Å². The van der Waals surface area contributed by atoms with Crippen molar-refractivity contribution in [1.29, 1.82) is 0 Å². The molecule has 0 aromatic heterocycles. The predicted molar refractivity (Wildman–Crippen MR) is 50.8 cm³/mol. The molecule has 1 aromatic carbocycles. The average molecular weight is 241 g/mol. The first-order valence-electron chi connectivity index (χ1n) is 3.27. The summed E-state index contributed by atoms with van der Waals surface area (Å²) in [5, 5.41) is -0.0272. The molecule has 0 aliphatic heterocycles. The molecule has 0 aliphatic rings. The molecule has 3 nitrogen and oxygen atoms in total. The van der Waals surface area contributed by atoms with Crippen molar-refractivity contribution in [3.8, 4) is 0 Å². The van der Waals surface area contributed by atoms with Crippen LogP contribution in [0.4, 0.5) is 0 Å². The Morgan fingerprint density at radius 2 is 2.00 bits per heavy atom. The van der Waals surface area contributed by atoms with Gasteiger partial charge in [0.05, 0.1) is 5.02 Å². The lowest BCUT2D eigenvalue weighted by molar-refractivity contribution is 0.483. The largest absolute Gasteiger partial charge is 0.296 e. The molecule has 1 rings (SSSR count). The van der Waals surface area contributed by atoms with Crippen LogP contribution >= 0.6 is 23.2 Å². The molecule has 0 saturated carbocycles. The van der Waals surface area contributed by atoms with Crippen molar-refractivity contribution in [2.24, 2.45) is 0 Å². The zero-order valence-electron chi connectivity index (χ0n) is 6.37. The standard InChI is InChI=1S/C7H6Cl2O3S/c8-4-5-1-2-7(6(9)3-5)13(10,11)12/h1-3H,4H2,(H,10,11,12). The molecule has 0 radical (unpaired) electrons. The third kappa shape index (κ3) is 2.57. The molecule has 1 N–H and O–H groups in total. The molecule has 13 heavy (non-hydrogen) atoms. The van der Waals surface area contributed by atoms with Crippen LogP contribution in [0.2, 0.25) is 5.02 Å². The maximum Gasteiger partial charge on any atom is 0.296 e. The highest BCUT2D eigenvalue weighted by molar-refractivity contribution is 7.86. The normalized spacial score (nSPS) is 11.6. The molecule has 6 heteroatoms. The third-order valence-electron chi connectivity index (χ3n) is 1.43. The Bertz CT molecular complexity index is 414. The number of rotatable bonds is 2. The van der Waals surface area contributed by atoms with Gasteiger partial charge in [0.1, 0.15) is 4.90 Å². The molecule has 0 amide bonds. The zero-order valence-corrected chi connectivity index (χ0v) is 8.70. The highest BCUT2D eigenvalue weighted by Crippen LogP contribution is 2.22. The lowest BCUT2D eigenvalue weighted by atomic mass is 10.2. The van der Waals surface area contributed by atoms with Crippen LogP contribution in [0.25, 0.3) is 0 Å². The van der Waals surface area contributed by atoms with Gasteiger partial charge in [0.15, 0.2) is 0 Å². The van der Waals surface area contributed by atoms with Crippen molar-refractivity contribution in [3.63, 3.8) is 0 Å². The molecule has 0 atom stereocenters. The molecule has 0 heterocycles. The van der Waals surface area contributed by atoms with Gasteiger partial charge in [0, 0.05) is 5.88 Å². The van der Waals surface area contributed by atoms with Crippen LogP contribution in [0, 0.1) is 0 Å². The maximum atomic E-state index is 10.7. The summed E-state index contributed by atoms with van der Waals surface area (Å²) in [5.74, 6) is 0.242. The quantitative estimate of drug-likeness (QED) is 0.638. The van der Waals surface area contributed by atoms with Crippen molar-refractivity contribution in [2.75, 3.05) is 0 Å². The molecule has 0 unspecified atom stereocenters. The van der Waals surface area contributed by atoms with Crippen LogP contribution in [-0.2, 0) is 16.0 Å². The van der Waals surface area contributed by atoms with E-state index in [0.29, 0.717) is 5.56 Å². The minimum atomic E-state index is -4.23. The fraction of sp³-hybridized carbons (Fsp3) is 0.143. The summed E-state index contributed by atoms with van der Waals surface area (Å²) < 4.78 is 30.1. The van der Waals surface area contributed by atoms with Gasteiger partial charge in [0.25, 0.3) is 10.1 Å². The second-order valence-corrected chi connectivity index (χ2v) is 4.44. The van der Waals surface area contributed by atoms with Gasteiger partial charge in [-0.1, -0.05) is 17.7 Å². The Hall–Kier alpha value is -0.290. The SMILES string of the molecule is O=S(=O)(O)c1ccc(CCl)cc1Cl. The summed E-state index contributed by atoms with van der Waals surface area (Å²) >= 11 is 11.1. The number of halogens is 2. The first-order chi connectivity index (χ1) is 5.95. The Labute approximate surface area is 86.0 Å². The van der Waals surface area contributed by atoms with E-state index >= 15 is 0 Å². The van der Waals surface area contributed by atoms with Gasteiger partial charge < -0.3 is 0 Å². The molecule has 0 bridgehead atoms. The van der Waals surface area contributed by atoms with E-state index in [4.69, 9.17) is 27.8 Å². The minimum Gasteiger partial charge on any atom is -0.282 e. The third-order valence-corrected chi connectivity index (χ3v) is 3.07. The second kappa shape index (κ2) is 3.84. The zero-order chi connectivity index (χ0) is 10.1. The highest BCUT2D eigenvalue weighted by atomic mass is 35.5. The van der Waals surface area contributed by atoms with E-state index in [9.17, 15) is 8.42 Å². The smallest absolute Gasteiger partial charge is 0.282 e. The van der Waals surface area contributed by atoms with Crippen LogP contribution < -0.4 is 0 Å². The van der Waals surface area contributed by atoms with Crippen LogP contribution in [-0.4, -0.2) is 13.0 Å². The molecule has 0 aliphatic carbocycles. The van der Waals surface area contributed by atoms with Crippen LogP contribution in [0.5, 0.6) is 0 Å². The number of hydrogen-bond acceptors (Lipinski definition) is 2. The summed E-state index contributed by atoms with van der Waals surface area (Å²) in [7, 11) is -4.23. The van der Waals surface area contributed by atoms with Crippen molar-refractivity contribution in [3.05, 3.63) is 28.8 Å². The van der Waals surface area contributed by atoms with E-state index in [1.54, 1.807) is 0 Å². The Morgan fingerprint density at radius 1 is 1.38 bits per heavy atom. The van der Waals surface area contributed by atoms with Gasteiger partial charge in [-0.3, -0.25) is 4.55 Å². The summed E-state index contributed by atoms with van der Waals surface area (Å²) in [5.41, 5.74) is 0.694. The van der Waals surface area contributed by atoms with Gasteiger partial charge in [-0.25, -0.2) is 0 Å². The summed E-state index contributed by atoms with van der Waals surface area (Å²) in [6.07, 6.45) is 0. The van der Waals surface area contributed by atoms with Crippen LogP contribution in [0.1, 0.15) is 5.56 Å². The molecule has 0 fully saturated rings. The van der Waals surface area contributed by atoms with Crippen molar-refractivity contribution in [1.82, 2.24) is 0 Å². The van der Waals surface area contributed by atoms with E-state index in [-0.39, 0.29) is 15.8 Å². The number of hydrogen-bond donors (Lipinski definition) is 1. The highest BCUT2D eigenvalue weighted by Gasteiger charge is 2.13. The molecule has 1 aromatic rings. The van der Waals surface area contributed by atoms with Gasteiger partial charge in [-0.2, -0.15) is 8.42 Å². The predicted octanol–water partition coefficient (Wildman–Crippen LogP) is 2.33. The Kier molecular flexibility index (Phi) is 3.18. The van der Waals surface area contributed by atoms with E-state index < -0.39 is 10.1 Å². The van der Waals surface area contributed by atoms with E-state index in [2.05, 4.69) is 0 Å². The second-order valence-electron chi connectivity index (χ2n) is 2.37. The lowest BCUT2D eigenvalue weighted by Gasteiger charge is -2.01. The monoisotopic (exact) mass is 240 g/mol. The summed E-state index contributed by atoms with van der Waals surface area (Å²) in [6, 6.07) is 4.11. The van der Waals surface area contributed by atoms with Crippen molar-refractivity contribution in [2.45, 2.75) is 10.8 Å². The summed E-state index contributed by atoms with van der Waals surface area (Å²) in [6.45, 7) is 0. The van der Waals surface area contributed by atoms with Gasteiger partial charge >= 0.3 is 0 Å². The fourth-order valence-electron chi connectivity index (χ4n) is 0.837. The van der Waals surface area contributed by atoms with E-state index in [1.165, 1.54) is 18.2 Å². The first kappa shape index (κ1) is 10.8. The molecular formula is C7H6Cl2O3S. The molecule has 0 spiro atoms. The fourth-order valence-corrected chi connectivity index (χ4v) is 2.04. The van der Waals surface area contributed by atoms with E-state index in [0.717, 1.165) is 0 Å². The van der Waals surface area contributed by atoms with E-state index in [1.807, 2.05) is 0 Å². The van der Waals surface area contributed by atoms with Crippen molar-refractivity contribution < 1.29 is 13.0 Å². The first-order valence-corrected chi connectivity index (χ1v) is 5.62. The summed E-state index contributed by atoms with van der Waals surface area (Å²) in [4.78, 5) is -0.303. The number of alkyl halides is 1. The Balaban J connectivity index is 3.29. The lowest BCUT2D eigenvalue weighted by Crippen LogP contribution is -1.99. The minimum absolute atomic E-state index is 0.0272. The Morgan fingerprint density at radius 3 is 2.38 bits per heavy atom. The van der Waals surface area contributed by atoms with Crippen LogP contribution in [0.15, 0.2) is 23.1 Å². The molecule has 72 valence electrons. The average Bonchev–Trinajstić information content (AvgIpc) is 2.01. The molecule has 0 saturated heterocycles. The van der Waals surface area contributed by atoms with Crippen LogP contribution in [0.3, 0.4) is 0 Å².